The van der Waals surface area contributed by atoms with Gasteiger partial charge in [-0.1, -0.05) is 18.6 Å². The average molecular weight is 383 g/mol. The molecule has 4 rings (SSSR count). The topological polar surface area (TPSA) is 77.1 Å². The van der Waals surface area contributed by atoms with Gasteiger partial charge in [0, 0.05) is 18.2 Å². The minimum atomic E-state index is -0.311. The molecule has 2 aliphatic rings. The molecule has 2 saturated carbocycles. The first-order chi connectivity index (χ1) is 13.5. The van der Waals surface area contributed by atoms with Crippen LogP contribution in [0.25, 0.3) is 0 Å². The summed E-state index contributed by atoms with van der Waals surface area (Å²) in [6.07, 6.45) is 6.67. The van der Waals surface area contributed by atoms with Gasteiger partial charge in [-0.15, -0.1) is 0 Å². The number of benzene rings is 1. The molecule has 1 amide bonds. The largest absolute Gasteiger partial charge is 0.327 e. The second kappa shape index (κ2) is 7.87. The molecule has 148 valence electrons. The monoisotopic (exact) mass is 383 g/mol. The third kappa shape index (κ3) is 3.87. The molecule has 2 atom stereocenters. The van der Waals surface area contributed by atoms with Crippen LogP contribution in [-0.2, 0) is 11.3 Å². The van der Waals surface area contributed by atoms with Crippen molar-refractivity contribution in [1.29, 1.82) is 0 Å². The zero-order valence-electron chi connectivity index (χ0n) is 15.8. The molecule has 3 N–H and O–H groups in total. The molecule has 0 saturated heterocycles. The standard InChI is InChI=1S/C22H26FN3O2/c23-18-8-6-14(7-9-18)13-26-10-2-5-19(22(26)28)25-21(27)17-11-15-3-1-4-16(12-17)20(15)24/h2,5-10,15-17,20H,1,3-4,11-13,24H2,(H,25,27). The fraction of sp³-hybridized carbons (Fsp3) is 0.455. The smallest absolute Gasteiger partial charge is 0.274 e. The molecule has 5 nitrogen and oxygen atoms in total. The number of hydrogen-bond donors (Lipinski definition) is 2. The number of nitrogens with zero attached hydrogens (tertiary/aromatic N) is 1. The van der Waals surface area contributed by atoms with Gasteiger partial charge in [-0.25, -0.2) is 4.39 Å². The second-order valence-electron chi connectivity index (χ2n) is 8.17. The third-order valence-corrected chi connectivity index (χ3v) is 6.33. The lowest BCUT2D eigenvalue weighted by Crippen LogP contribution is -2.48. The fourth-order valence-corrected chi connectivity index (χ4v) is 4.78. The zero-order chi connectivity index (χ0) is 19.7. The zero-order valence-corrected chi connectivity index (χ0v) is 15.8. The fourth-order valence-electron chi connectivity index (χ4n) is 4.78. The first-order valence-electron chi connectivity index (χ1n) is 10.0. The van der Waals surface area contributed by atoms with Crippen LogP contribution < -0.4 is 16.6 Å². The highest BCUT2D eigenvalue weighted by Crippen LogP contribution is 2.42. The Labute approximate surface area is 163 Å². The van der Waals surface area contributed by atoms with Crippen LogP contribution in [0, 0.1) is 23.6 Å². The maximum absolute atomic E-state index is 13.1. The number of amides is 1. The van der Waals surface area contributed by atoms with E-state index in [1.165, 1.54) is 23.1 Å². The third-order valence-electron chi connectivity index (χ3n) is 6.33. The number of pyridine rings is 1. The van der Waals surface area contributed by atoms with E-state index < -0.39 is 0 Å². The minimum Gasteiger partial charge on any atom is -0.327 e. The van der Waals surface area contributed by atoms with E-state index in [0.29, 0.717) is 18.4 Å². The van der Waals surface area contributed by atoms with Gasteiger partial charge in [-0.3, -0.25) is 9.59 Å². The molecular weight excluding hydrogens is 357 g/mol. The number of carbonyl (C=O) groups is 1. The van der Waals surface area contributed by atoms with Gasteiger partial charge in [-0.05, 0) is 67.3 Å². The Balaban J connectivity index is 1.47. The molecule has 2 aromatic rings. The molecule has 2 bridgehead atoms. The van der Waals surface area contributed by atoms with Crippen LogP contribution in [0.4, 0.5) is 10.1 Å². The lowest BCUT2D eigenvalue weighted by Gasteiger charge is -2.43. The van der Waals surface area contributed by atoms with Crippen LogP contribution in [-0.4, -0.2) is 16.5 Å². The van der Waals surface area contributed by atoms with E-state index in [2.05, 4.69) is 5.32 Å². The summed E-state index contributed by atoms with van der Waals surface area (Å²) >= 11 is 0. The number of aromatic nitrogens is 1. The molecule has 6 heteroatoms. The van der Waals surface area contributed by atoms with Crippen LogP contribution in [0.15, 0.2) is 47.4 Å². The molecule has 2 fully saturated rings. The van der Waals surface area contributed by atoms with Crippen molar-refractivity contribution in [3.05, 3.63) is 64.3 Å². The second-order valence-corrected chi connectivity index (χ2v) is 8.17. The summed E-state index contributed by atoms with van der Waals surface area (Å²) < 4.78 is 14.6. The van der Waals surface area contributed by atoms with E-state index in [1.807, 2.05) is 0 Å². The van der Waals surface area contributed by atoms with Crippen molar-refractivity contribution in [2.24, 2.45) is 23.5 Å². The first kappa shape index (κ1) is 18.9. The van der Waals surface area contributed by atoms with Crippen molar-refractivity contribution in [3.63, 3.8) is 0 Å². The van der Waals surface area contributed by atoms with Crippen molar-refractivity contribution < 1.29 is 9.18 Å². The quantitative estimate of drug-likeness (QED) is 0.852. The summed E-state index contributed by atoms with van der Waals surface area (Å²) in [4.78, 5) is 25.6. The van der Waals surface area contributed by atoms with Gasteiger partial charge in [0.15, 0.2) is 0 Å². The SMILES string of the molecule is NC1C2CCCC1CC(C(=O)Nc1cccn(Cc3ccc(F)cc3)c1=O)C2. The van der Waals surface area contributed by atoms with Gasteiger partial charge in [0.2, 0.25) is 5.91 Å². The van der Waals surface area contributed by atoms with E-state index >= 15 is 0 Å². The molecule has 28 heavy (non-hydrogen) atoms. The number of halogens is 1. The van der Waals surface area contributed by atoms with Gasteiger partial charge >= 0.3 is 0 Å². The first-order valence-corrected chi connectivity index (χ1v) is 10.0. The summed E-state index contributed by atoms with van der Waals surface area (Å²) in [5.41, 5.74) is 7.17. The Bertz CT molecular complexity index is 895. The highest BCUT2D eigenvalue weighted by atomic mass is 19.1. The summed E-state index contributed by atoms with van der Waals surface area (Å²) in [7, 11) is 0. The Kier molecular flexibility index (Phi) is 5.31. The van der Waals surface area contributed by atoms with Crippen LogP contribution in [0.2, 0.25) is 0 Å². The molecule has 0 radical (unpaired) electrons. The normalized spacial score (nSPS) is 26.6. The molecule has 1 aromatic heterocycles. The van der Waals surface area contributed by atoms with Crippen LogP contribution in [0.5, 0.6) is 0 Å². The Morgan fingerprint density at radius 2 is 1.82 bits per heavy atom. The molecule has 0 spiro atoms. The number of carbonyl (C=O) groups excluding carboxylic acids is 1. The van der Waals surface area contributed by atoms with Crippen molar-refractivity contribution in [3.8, 4) is 0 Å². The van der Waals surface area contributed by atoms with Crippen LogP contribution >= 0.6 is 0 Å². The van der Waals surface area contributed by atoms with Gasteiger partial charge in [0.05, 0.1) is 6.54 Å². The van der Waals surface area contributed by atoms with Crippen molar-refractivity contribution >= 4 is 11.6 Å². The number of nitrogens with one attached hydrogen (secondary N) is 1. The molecule has 2 aliphatic carbocycles. The molecule has 0 aliphatic heterocycles. The number of nitrogens with two attached hydrogens (primary N) is 1. The number of fused-ring (bicyclic) bond motifs is 2. The maximum atomic E-state index is 13.1. The van der Waals surface area contributed by atoms with Gasteiger partial charge in [0.1, 0.15) is 11.5 Å². The van der Waals surface area contributed by atoms with E-state index in [1.54, 1.807) is 30.5 Å². The van der Waals surface area contributed by atoms with Crippen molar-refractivity contribution in [1.82, 2.24) is 4.57 Å². The summed E-state index contributed by atoms with van der Waals surface area (Å²) in [5.74, 6) is 0.345. The highest BCUT2D eigenvalue weighted by molar-refractivity contribution is 5.92. The summed E-state index contributed by atoms with van der Waals surface area (Å²) in [6.45, 7) is 0.325. The number of rotatable bonds is 4. The lowest BCUT2D eigenvalue weighted by molar-refractivity contribution is -0.122. The van der Waals surface area contributed by atoms with Crippen LogP contribution in [0.1, 0.15) is 37.7 Å². The van der Waals surface area contributed by atoms with Gasteiger partial charge < -0.3 is 15.6 Å². The minimum absolute atomic E-state index is 0.0829. The molecular formula is C22H26FN3O2. The van der Waals surface area contributed by atoms with E-state index in [0.717, 1.165) is 31.2 Å². The predicted molar refractivity (Wildman–Crippen MR) is 106 cm³/mol. The van der Waals surface area contributed by atoms with E-state index in [4.69, 9.17) is 5.73 Å². The Morgan fingerprint density at radius 1 is 1.14 bits per heavy atom. The van der Waals surface area contributed by atoms with Gasteiger partial charge in [-0.2, -0.15) is 0 Å². The number of hydrogen-bond acceptors (Lipinski definition) is 3. The summed E-state index contributed by atoms with van der Waals surface area (Å²) in [5, 5.41) is 2.85. The van der Waals surface area contributed by atoms with E-state index in [9.17, 15) is 14.0 Å². The Morgan fingerprint density at radius 3 is 2.50 bits per heavy atom. The highest BCUT2D eigenvalue weighted by Gasteiger charge is 2.40. The van der Waals surface area contributed by atoms with Crippen LogP contribution in [0.3, 0.4) is 0 Å². The van der Waals surface area contributed by atoms with E-state index in [-0.39, 0.29) is 34.9 Å². The number of anilines is 1. The molecule has 1 aromatic carbocycles. The molecule has 1 heterocycles. The van der Waals surface area contributed by atoms with Gasteiger partial charge in [0.25, 0.3) is 5.56 Å². The molecule has 2 unspecified atom stereocenters. The predicted octanol–water partition coefficient (Wildman–Crippen LogP) is 3.13. The average Bonchev–Trinajstić information content (AvgIpc) is 2.66. The summed E-state index contributed by atoms with van der Waals surface area (Å²) in [6, 6.07) is 9.63. The Hall–Kier alpha value is -2.47. The van der Waals surface area contributed by atoms with Crippen molar-refractivity contribution in [2.45, 2.75) is 44.7 Å². The lowest BCUT2D eigenvalue weighted by atomic mass is 9.65. The maximum Gasteiger partial charge on any atom is 0.274 e. The van der Waals surface area contributed by atoms with Crippen molar-refractivity contribution in [2.75, 3.05) is 5.32 Å².